The van der Waals surface area contributed by atoms with Gasteiger partial charge in [0.2, 0.25) is 0 Å². The molecule has 10 heavy (non-hydrogen) atoms. The molecular formula is C8H17NO. The largest absolute Gasteiger partial charge is 0.381 e. The second-order valence-corrected chi connectivity index (χ2v) is 2.99. The van der Waals surface area contributed by atoms with Crippen LogP contribution in [0.2, 0.25) is 0 Å². The Labute approximate surface area is 62.7 Å². The molecule has 1 aliphatic rings. The summed E-state index contributed by atoms with van der Waals surface area (Å²) >= 11 is 0. The van der Waals surface area contributed by atoms with Gasteiger partial charge < -0.3 is 10.5 Å². The Morgan fingerprint density at radius 1 is 1.30 bits per heavy atom. The van der Waals surface area contributed by atoms with E-state index in [1.807, 2.05) is 0 Å². The smallest absolute Gasteiger partial charge is 0.0468 e. The summed E-state index contributed by atoms with van der Waals surface area (Å²) in [7, 11) is 0. The van der Waals surface area contributed by atoms with Crippen LogP contribution in [-0.4, -0.2) is 19.8 Å². The van der Waals surface area contributed by atoms with Crippen molar-refractivity contribution in [1.29, 1.82) is 0 Å². The molecule has 2 heteroatoms. The molecule has 2 N–H and O–H groups in total. The molecule has 0 saturated carbocycles. The first-order chi connectivity index (χ1) is 4.93. The van der Waals surface area contributed by atoms with Crippen LogP contribution in [0.15, 0.2) is 0 Å². The van der Waals surface area contributed by atoms with Crippen LogP contribution in [0.25, 0.3) is 0 Å². The summed E-state index contributed by atoms with van der Waals surface area (Å²) in [5, 5.41) is 0. The first-order valence-corrected chi connectivity index (χ1v) is 4.21. The maximum Gasteiger partial charge on any atom is 0.0468 e. The standard InChI is InChI=1S/C8H17NO/c9-5-3-8-2-1-6-10-7-4-8/h8H,1-7,9H2. The van der Waals surface area contributed by atoms with Gasteiger partial charge in [0.1, 0.15) is 0 Å². The molecule has 1 heterocycles. The van der Waals surface area contributed by atoms with Crippen LogP contribution < -0.4 is 5.73 Å². The van der Waals surface area contributed by atoms with Crippen molar-refractivity contribution >= 4 is 0 Å². The SMILES string of the molecule is NCCC1CCCOCC1. The highest BCUT2D eigenvalue weighted by Crippen LogP contribution is 2.17. The molecule has 0 aromatic rings. The Balaban J connectivity index is 2.15. The fourth-order valence-electron chi connectivity index (χ4n) is 1.49. The van der Waals surface area contributed by atoms with Gasteiger partial charge in [-0.2, -0.15) is 0 Å². The third-order valence-corrected chi connectivity index (χ3v) is 2.15. The van der Waals surface area contributed by atoms with Gasteiger partial charge in [-0.1, -0.05) is 0 Å². The minimum atomic E-state index is 0.838. The van der Waals surface area contributed by atoms with Crippen molar-refractivity contribution in [3.05, 3.63) is 0 Å². The molecule has 0 amide bonds. The van der Waals surface area contributed by atoms with Gasteiger partial charge in [-0.25, -0.2) is 0 Å². The fraction of sp³-hybridized carbons (Fsp3) is 1.00. The van der Waals surface area contributed by atoms with Gasteiger partial charge >= 0.3 is 0 Å². The monoisotopic (exact) mass is 143 g/mol. The normalized spacial score (nSPS) is 27.9. The van der Waals surface area contributed by atoms with Crippen molar-refractivity contribution in [2.45, 2.75) is 25.7 Å². The van der Waals surface area contributed by atoms with E-state index >= 15 is 0 Å². The number of hydrogen-bond acceptors (Lipinski definition) is 2. The van der Waals surface area contributed by atoms with Crippen molar-refractivity contribution < 1.29 is 4.74 Å². The van der Waals surface area contributed by atoms with Crippen LogP contribution in [0.1, 0.15) is 25.7 Å². The average Bonchev–Trinajstić information content (AvgIpc) is 2.17. The van der Waals surface area contributed by atoms with Gasteiger partial charge in [0, 0.05) is 13.2 Å². The number of rotatable bonds is 2. The highest BCUT2D eigenvalue weighted by Gasteiger charge is 2.10. The van der Waals surface area contributed by atoms with Crippen LogP contribution >= 0.6 is 0 Å². The quantitative estimate of drug-likeness (QED) is 0.629. The molecule has 1 unspecified atom stereocenters. The molecule has 0 aromatic heterocycles. The van der Waals surface area contributed by atoms with E-state index in [9.17, 15) is 0 Å². The minimum absolute atomic E-state index is 0.838. The highest BCUT2D eigenvalue weighted by atomic mass is 16.5. The number of hydrogen-bond donors (Lipinski definition) is 1. The molecule has 60 valence electrons. The molecule has 0 aliphatic carbocycles. The van der Waals surface area contributed by atoms with E-state index in [2.05, 4.69) is 0 Å². The Kier molecular flexibility index (Phi) is 3.76. The molecule has 0 bridgehead atoms. The van der Waals surface area contributed by atoms with E-state index < -0.39 is 0 Å². The average molecular weight is 143 g/mol. The molecule has 1 rings (SSSR count). The molecule has 2 nitrogen and oxygen atoms in total. The zero-order valence-electron chi connectivity index (χ0n) is 6.51. The molecule has 1 aliphatic heterocycles. The summed E-state index contributed by atoms with van der Waals surface area (Å²) in [6.07, 6.45) is 4.95. The van der Waals surface area contributed by atoms with E-state index in [1.165, 1.54) is 25.7 Å². The van der Waals surface area contributed by atoms with Gasteiger partial charge in [0.05, 0.1) is 0 Å². The predicted molar refractivity (Wildman–Crippen MR) is 41.8 cm³/mol. The predicted octanol–water partition coefficient (Wildman–Crippen LogP) is 1.15. The summed E-state index contributed by atoms with van der Waals surface area (Å²) in [4.78, 5) is 0. The van der Waals surface area contributed by atoms with Crippen LogP contribution in [0.5, 0.6) is 0 Å². The molecule has 0 aromatic carbocycles. The summed E-state index contributed by atoms with van der Waals surface area (Å²) in [6, 6.07) is 0. The maximum absolute atomic E-state index is 5.47. The Bertz CT molecular complexity index is 77.3. The lowest BCUT2D eigenvalue weighted by Crippen LogP contribution is -2.08. The molecule has 1 atom stereocenters. The molecular weight excluding hydrogens is 126 g/mol. The number of ether oxygens (including phenoxy) is 1. The van der Waals surface area contributed by atoms with Crippen LogP contribution in [0, 0.1) is 5.92 Å². The van der Waals surface area contributed by atoms with E-state index in [0.29, 0.717) is 0 Å². The Morgan fingerprint density at radius 3 is 3.00 bits per heavy atom. The second kappa shape index (κ2) is 4.69. The summed E-state index contributed by atoms with van der Waals surface area (Å²) < 4.78 is 5.33. The third-order valence-electron chi connectivity index (χ3n) is 2.15. The first-order valence-electron chi connectivity index (χ1n) is 4.21. The van der Waals surface area contributed by atoms with Gasteiger partial charge in [-0.05, 0) is 38.1 Å². The molecule has 0 spiro atoms. The molecule has 1 fully saturated rings. The van der Waals surface area contributed by atoms with Crippen molar-refractivity contribution in [2.24, 2.45) is 11.7 Å². The zero-order valence-corrected chi connectivity index (χ0v) is 6.51. The van der Waals surface area contributed by atoms with E-state index in [4.69, 9.17) is 10.5 Å². The van der Waals surface area contributed by atoms with Gasteiger partial charge in [-0.15, -0.1) is 0 Å². The van der Waals surface area contributed by atoms with Crippen molar-refractivity contribution in [1.82, 2.24) is 0 Å². The minimum Gasteiger partial charge on any atom is -0.381 e. The Morgan fingerprint density at radius 2 is 2.20 bits per heavy atom. The van der Waals surface area contributed by atoms with E-state index in [1.54, 1.807) is 0 Å². The van der Waals surface area contributed by atoms with Crippen molar-refractivity contribution in [3.63, 3.8) is 0 Å². The topological polar surface area (TPSA) is 35.2 Å². The summed E-state index contributed by atoms with van der Waals surface area (Å²) in [5.41, 5.74) is 5.47. The van der Waals surface area contributed by atoms with Crippen LogP contribution in [-0.2, 0) is 4.74 Å². The van der Waals surface area contributed by atoms with Crippen LogP contribution in [0.3, 0.4) is 0 Å². The van der Waals surface area contributed by atoms with E-state index in [0.717, 1.165) is 25.7 Å². The fourth-order valence-corrected chi connectivity index (χ4v) is 1.49. The maximum atomic E-state index is 5.47. The third kappa shape index (κ3) is 2.67. The van der Waals surface area contributed by atoms with E-state index in [-0.39, 0.29) is 0 Å². The lowest BCUT2D eigenvalue weighted by Gasteiger charge is -2.09. The van der Waals surface area contributed by atoms with Crippen LogP contribution in [0.4, 0.5) is 0 Å². The summed E-state index contributed by atoms with van der Waals surface area (Å²) in [5.74, 6) is 0.840. The zero-order chi connectivity index (χ0) is 7.23. The first kappa shape index (κ1) is 8.02. The second-order valence-electron chi connectivity index (χ2n) is 2.99. The van der Waals surface area contributed by atoms with Gasteiger partial charge in [-0.3, -0.25) is 0 Å². The summed E-state index contributed by atoms with van der Waals surface area (Å²) in [6.45, 7) is 2.75. The molecule has 1 saturated heterocycles. The van der Waals surface area contributed by atoms with Gasteiger partial charge in [0.25, 0.3) is 0 Å². The van der Waals surface area contributed by atoms with Crippen molar-refractivity contribution in [3.8, 4) is 0 Å². The lowest BCUT2D eigenvalue weighted by molar-refractivity contribution is 0.141. The Hall–Kier alpha value is -0.0800. The molecule has 0 radical (unpaired) electrons. The highest BCUT2D eigenvalue weighted by molar-refractivity contribution is 4.62. The van der Waals surface area contributed by atoms with Gasteiger partial charge in [0.15, 0.2) is 0 Å². The number of nitrogens with two attached hydrogens (primary N) is 1. The lowest BCUT2D eigenvalue weighted by atomic mass is 9.97. The van der Waals surface area contributed by atoms with Crippen molar-refractivity contribution in [2.75, 3.05) is 19.8 Å².